The van der Waals surface area contributed by atoms with E-state index in [1.807, 2.05) is 13.0 Å². The third-order valence-electron chi connectivity index (χ3n) is 4.18. The fourth-order valence-electron chi connectivity index (χ4n) is 2.93. The summed E-state index contributed by atoms with van der Waals surface area (Å²) in [6.07, 6.45) is 7.49. The van der Waals surface area contributed by atoms with Crippen molar-refractivity contribution in [1.29, 1.82) is 0 Å². The molecule has 122 valence electrons. The van der Waals surface area contributed by atoms with Crippen LogP contribution in [0.25, 0.3) is 0 Å². The van der Waals surface area contributed by atoms with Crippen LogP contribution in [0.4, 0.5) is 0 Å². The van der Waals surface area contributed by atoms with Crippen molar-refractivity contribution in [3.05, 3.63) is 23.3 Å². The van der Waals surface area contributed by atoms with Crippen LogP contribution in [0.2, 0.25) is 0 Å². The number of hydrogen-bond acceptors (Lipinski definition) is 4. The Bertz CT molecular complexity index is 510. The maximum Gasteiger partial charge on any atom is 0.342 e. The van der Waals surface area contributed by atoms with Crippen LogP contribution < -0.4 is 9.47 Å². The maximum absolute atomic E-state index is 12.6. The molecule has 0 amide bonds. The largest absolute Gasteiger partial charge is 0.497 e. The summed E-state index contributed by atoms with van der Waals surface area (Å²) in [6.45, 7) is 1.96. The van der Waals surface area contributed by atoms with E-state index in [2.05, 4.69) is 0 Å². The molecule has 2 rings (SSSR count). The van der Waals surface area contributed by atoms with Gasteiger partial charge in [0.25, 0.3) is 0 Å². The fourth-order valence-corrected chi connectivity index (χ4v) is 2.93. The van der Waals surface area contributed by atoms with Crippen LogP contribution in [0, 0.1) is 0 Å². The van der Waals surface area contributed by atoms with Crippen LogP contribution in [0.15, 0.2) is 12.1 Å². The molecule has 4 heteroatoms. The second kappa shape index (κ2) is 8.06. The molecule has 1 aromatic rings. The first kappa shape index (κ1) is 16.7. The molecule has 1 aliphatic heterocycles. The first-order valence-electron chi connectivity index (χ1n) is 8.11. The Morgan fingerprint density at radius 1 is 1.05 bits per heavy atom. The number of aryl methyl sites for hydroxylation is 1. The van der Waals surface area contributed by atoms with Crippen molar-refractivity contribution < 1.29 is 19.0 Å². The Morgan fingerprint density at radius 3 is 2.50 bits per heavy atom. The number of hydrogen-bond donors (Lipinski definition) is 0. The van der Waals surface area contributed by atoms with Gasteiger partial charge in [0.15, 0.2) is 0 Å². The highest BCUT2D eigenvalue weighted by Gasteiger charge is 2.22. The highest BCUT2D eigenvalue weighted by molar-refractivity contribution is 5.94. The standard InChI is InChI=1S/C18H26O4/c1-13-9-7-5-4-6-8-10-14-11-15(20-2)12-16(21-3)17(14)18(19)22-13/h11-13H,4-10H2,1-3H3/t13-/m1/s1. The van der Waals surface area contributed by atoms with Gasteiger partial charge in [-0.15, -0.1) is 0 Å². The maximum atomic E-state index is 12.6. The van der Waals surface area contributed by atoms with Crippen molar-refractivity contribution in [2.24, 2.45) is 0 Å². The molecule has 0 spiro atoms. The summed E-state index contributed by atoms with van der Waals surface area (Å²) in [5, 5.41) is 0. The molecule has 0 fully saturated rings. The molecule has 0 bridgehead atoms. The predicted molar refractivity (Wildman–Crippen MR) is 85.8 cm³/mol. The molecule has 1 heterocycles. The minimum absolute atomic E-state index is 0.0633. The monoisotopic (exact) mass is 306 g/mol. The number of rotatable bonds is 2. The van der Waals surface area contributed by atoms with Gasteiger partial charge < -0.3 is 14.2 Å². The first-order valence-corrected chi connectivity index (χ1v) is 8.11. The summed E-state index contributed by atoms with van der Waals surface area (Å²) in [7, 11) is 3.19. The van der Waals surface area contributed by atoms with Crippen LogP contribution in [0.3, 0.4) is 0 Å². The van der Waals surface area contributed by atoms with Gasteiger partial charge in [-0.3, -0.25) is 0 Å². The minimum atomic E-state index is -0.289. The highest BCUT2D eigenvalue weighted by Crippen LogP contribution is 2.31. The molecule has 1 atom stereocenters. The molecule has 0 N–H and O–H groups in total. The fraction of sp³-hybridized carbons (Fsp3) is 0.611. The number of esters is 1. The number of benzene rings is 1. The predicted octanol–water partition coefficient (Wildman–Crippen LogP) is 4.15. The highest BCUT2D eigenvalue weighted by atomic mass is 16.5. The van der Waals surface area contributed by atoms with Crippen molar-refractivity contribution in [3.63, 3.8) is 0 Å². The van der Waals surface area contributed by atoms with E-state index >= 15 is 0 Å². The molecule has 0 aliphatic carbocycles. The number of carbonyl (C=O) groups excluding carboxylic acids is 1. The van der Waals surface area contributed by atoms with Gasteiger partial charge >= 0.3 is 5.97 Å². The zero-order valence-corrected chi connectivity index (χ0v) is 13.8. The Hall–Kier alpha value is -1.71. The molecule has 4 nitrogen and oxygen atoms in total. The van der Waals surface area contributed by atoms with Gasteiger partial charge in [0.05, 0.1) is 20.3 Å². The van der Waals surface area contributed by atoms with Gasteiger partial charge in [0, 0.05) is 6.07 Å². The van der Waals surface area contributed by atoms with Gasteiger partial charge in [0.2, 0.25) is 0 Å². The van der Waals surface area contributed by atoms with Crippen molar-refractivity contribution in [3.8, 4) is 11.5 Å². The number of fused-ring (bicyclic) bond motifs is 1. The lowest BCUT2D eigenvalue weighted by molar-refractivity contribution is 0.0314. The molecule has 0 radical (unpaired) electrons. The van der Waals surface area contributed by atoms with Gasteiger partial charge in [-0.2, -0.15) is 0 Å². The molecular formula is C18H26O4. The molecule has 0 unspecified atom stereocenters. The number of cyclic esters (lactones) is 1. The smallest absolute Gasteiger partial charge is 0.342 e. The number of carbonyl (C=O) groups is 1. The van der Waals surface area contributed by atoms with Crippen molar-refractivity contribution >= 4 is 5.97 Å². The topological polar surface area (TPSA) is 44.8 Å². The lowest BCUT2D eigenvalue weighted by Crippen LogP contribution is -2.18. The average molecular weight is 306 g/mol. The summed E-state index contributed by atoms with van der Waals surface area (Å²) in [6, 6.07) is 3.67. The van der Waals surface area contributed by atoms with E-state index in [4.69, 9.17) is 14.2 Å². The third kappa shape index (κ3) is 4.15. The van der Waals surface area contributed by atoms with E-state index < -0.39 is 0 Å². The average Bonchev–Trinajstić information content (AvgIpc) is 2.51. The Morgan fingerprint density at radius 2 is 1.77 bits per heavy atom. The minimum Gasteiger partial charge on any atom is -0.497 e. The molecule has 1 aliphatic rings. The quantitative estimate of drug-likeness (QED) is 0.770. The van der Waals surface area contributed by atoms with E-state index in [0.717, 1.165) is 31.2 Å². The SMILES string of the molecule is COc1cc2c(c(OC)c1)C(=O)O[C@H](C)CCCCCCC2. The van der Waals surface area contributed by atoms with E-state index in [1.165, 1.54) is 19.3 Å². The molecule has 1 aromatic carbocycles. The Balaban J connectivity index is 2.38. The second-order valence-electron chi connectivity index (χ2n) is 5.89. The number of ether oxygens (including phenoxy) is 3. The van der Waals surface area contributed by atoms with E-state index in [1.54, 1.807) is 20.3 Å². The molecular weight excluding hydrogens is 280 g/mol. The lowest BCUT2D eigenvalue weighted by atomic mass is 9.98. The van der Waals surface area contributed by atoms with Gasteiger partial charge in [0.1, 0.15) is 17.1 Å². The molecule has 22 heavy (non-hydrogen) atoms. The zero-order valence-electron chi connectivity index (χ0n) is 13.8. The zero-order chi connectivity index (χ0) is 15.9. The summed E-state index contributed by atoms with van der Waals surface area (Å²) in [5.74, 6) is 0.953. The summed E-state index contributed by atoms with van der Waals surface area (Å²) >= 11 is 0. The second-order valence-corrected chi connectivity index (χ2v) is 5.89. The Kier molecular flexibility index (Phi) is 6.10. The Labute approximate surface area is 132 Å². The first-order chi connectivity index (χ1) is 10.7. The molecule has 0 saturated heterocycles. The van der Waals surface area contributed by atoms with Crippen molar-refractivity contribution in [1.82, 2.24) is 0 Å². The lowest BCUT2D eigenvalue weighted by Gasteiger charge is -2.19. The molecule has 0 aromatic heterocycles. The van der Waals surface area contributed by atoms with Crippen LogP contribution >= 0.6 is 0 Å². The van der Waals surface area contributed by atoms with Gasteiger partial charge in [-0.25, -0.2) is 4.79 Å². The van der Waals surface area contributed by atoms with Crippen molar-refractivity contribution in [2.75, 3.05) is 14.2 Å². The van der Waals surface area contributed by atoms with E-state index in [0.29, 0.717) is 17.1 Å². The summed E-state index contributed by atoms with van der Waals surface area (Å²) in [5.41, 5.74) is 1.50. The summed E-state index contributed by atoms with van der Waals surface area (Å²) < 4.78 is 16.3. The molecule has 0 saturated carbocycles. The van der Waals surface area contributed by atoms with Crippen LogP contribution in [-0.2, 0) is 11.2 Å². The van der Waals surface area contributed by atoms with Crippen molar-refractivity contribution in [2.45, 2.75) is 58.0 Å². The third-order valence-corrected chi connectivity index (χ3v) is 4.18. The van der Waals surface area contributed by atoms with E-state index in [9.17, 15) is 4.79 Å². The van der Waals surface area contributed by atoms with Crippen LogP contribution in [0.5, 0.6) is 11.5 Å². The van der Waals surface area contributed by atoms with Gasteiger partial charge in [-0.1, -0.05) is 19.3 Å². The van der Waals surface area contributed by atoms with Crippen LogP contribution in [0.1, 0.15) is 61.4 Å². The number of methoxy groups -OCH3 is 2. The van der Waals surface area contributed by atoms with Crippen LogP contribution in [-0.4, -0.2) is 26.3 Å². The summed E-state index contributed by atoms with van der Waals surface area (Å²) in [4.78, 5) is 12.6. The van der Waals surface area contributed by atoms with Gasteiger partial charge in [-0.05, 0) is 44.2 Å². The van der Waals surface area contributed by atoms with E-state index in [-0.39, 0.29) is 12.1 Å². The normalized spacial score (nSPS) is 20.1.